The van der Waals surface area contributed by atoms with Crippen molar-refractivity contribution in [2.75, 3.05) is 5.32 Å². The van der Waals surface area contributed by atoms with Gasteiger partial charge in [-0.15, -0.1) is 10.2 Å². The van der Waals surface area contributed by atoms with Gasteiger partial charge in [-0.25, -0.2) is 0 Å². The lowest BCUT2D eigenvalue weighted by Crippen LogP contribution is -2.28. The number of nitriles is 1. The third-order valence-corrected chi connectivity index (χ3v) is 6.46. The number of rotatable bonds is 4. The minimum absolute atomic E-state index is 0.158. The van der Waals surface area contributed by atoms with Gasteiger partial charge in [-0.3, -0.25) is 4.99 Å². The molecule has 3 aromatic carbocycles. The fourth-order valence-electron chi connectivity index (χ4n) is 3.92. The van der Waals surface area contributed by atoms with Crippen molar-refractivity contribution in [1.82, 2.24) is 20.6 Å². The van der Waals surface area contributed by atoms with Crippen LogP contribution in [0.3, 0.4) is 0 Å². The Bertz CT molecular complexity index is 1410. The van der Waals surface area contributed by atoms with Gasteiger partial charge >= 0.3 is 0 Å². The average molecular weight is 452 g/mol. The number of anilines is 1. The number of hydrogen-bond donors (Lipinski definition) is 2. The van der Waals surface area contributed by atoms with Crippen molar-refractivity contribution in [2.45, 2.75) is 30.7 Å². The Morgan fingerprint density at radius 3 is 2.70 bits per heavy atom. The highest BCUT2D eigenvalue weighted by atomic mass is 32.2. The van der Waals surface area contributed by atoms with Crippen molar-refractivity contribution >= 4 is 38.8 Å². The van der Waals surface area contributed by atoms with Crippen LogP contribution in [0.15, 0.2) is 76.8 Å². The maximum absolute atomic E-state index is 9.29. The first-order chi connectivity index (χ1) is 16.0. The maximum Gasteiger partial charge on any atom is 0.216 e. The molecule has 0 atom stereocenters. The molecule has 0 unspecified atom stereocenters. The number of allylic oxidation sites excluding steroid dienone is 1. The number of fused-ring (bicyclic) bond motifs is 3. The molecule has 2 heterocycles. The van der Waals surface area contributed by atoms with Crippen LogP contribution in [0.5, 0.6) is 0 Å². The molecule has 0 aliphatic carbocycles. The van der Waals surface area contributed by atoms with Crippen LogP contribution in [0.2, 0.25) is 0 Å². The molecule has 1 aliphatic rings. The van der Waals surface area contributed by atoms with Crippen LogP contribution >= 0.6 is 11.8 Å². The Morgan fingerprint density at radius 2 is 1.94 bits per heavy atom. The summed E-state index contributed by atoms with van der Waals surface area (Å²) in [6, 6.07) is 23.0. The zero-order chi connectivity index (χ0) is 22.8. The molecule has 0 spiro atoms. The van der Waals surface area contributed by atoms with Gasteiger partial charge < -0.3 is 5.32 Å². The molecule has 4 aromatic rings. The molecular weight excluding hydrogens is 430 g/mol. The summed E-state index contributed by atoms with van der Waals surface area (Å²) in [5, 5.41) is 29.5. The summed E-state index contributed by atoms with van der Waals surface area (Å²) in [7, 11) is 0. The molecule has 0 bridgehead atoms. The molecule has 8 heteroatoms. The molecule has 0 fully saturated rings. The van der Waals surface area contributed by atoms with Crippen LogP contribution in [0.25, 0.3) is 16.3 Å². The predicted octanol–water partition coefficient (Wildman–Crippen LogP) is 5.20. The highest BCUT2D eigenvalue weighted by molar-refractivity contribution is 8.14. The summed E-state index contributed by atoms with van der Waals surface area (Å²) in [5.41, 5.74) is 3.57. The van der Waals surface area contributed by atoms with E-state index in [1.165, 1.54) is 21.9 Å². The molecule has 162 valence electrons. The van der Waals surface area contributed by atoms with E-state index in [2.05, 4.69) is 82.3 Å². The van der Waals surface area contributed by atoms with Crippen LogP contribution in [0, 0.1) is 11.3 Å². The minimum Gasteiger partial charge on any atom is -0.360 e. The Balaban J connectivity index is 1.39. The first-order valence-corrected chi connectivity index (χ1v) is 11.3. The molecule has 1 aliphatic heterocycles. The normalized spacial score (nSPS) is 14.9. The molecule has 1 aromatic heterocycles. The lowest BCUT2D eigenvalue weighted by molar-refractivity contribution is 0.517. The number of H-pyrrole nitrogens is 1. The fourth-order valence-corrected chi connectivity index (χ4v) is 5.01. The second-order valence-corrected chi connectivity index (χ2v) is 9.46. The van der Waals surface area contributed by atoms with Gasteiger partial charge in [0.1, 0.15) is 16.7 Å². The predicted molar refractivity (Wildman–Crippen MR) is 132 cm³/mol. The van der Waals surface area contributed by atoms with Gasteiger partial charge in [0.15, 0.2) is 0 Å². The van der Waals surface area contributed by atoms with Crippen LogP contribution < -0.4 is 5.32 Å². The van der Waals surface area contributed by atoms with Crippen molar-refractivity contribution in [3.05, 3.63) is 83.8 Å². The lowest BCUT2D eigenvalue weighted by Gasteiger charge is -2.29. The Morgan fingerprint density at radius 1 is 1.12 bits per heavy atom. The second-order valence-electron chi connectivity index (χ2n) is 8.39. The maximum atomic E-state index is 9.29. The largest absolute Gasteiger partial charge is 0.360 e. The number of tetrazole rings is 1. The fraction of sp³-hybridized carbons (Fsp3) is 0.160. The first kappa shape index (κ1) is 20.9. The molecule has 7 nitrogen and oxygen atoms in total. The number of benzene rings is 3. The molecule has 2 N–H and O–H groups in total. The van der Waals surface area contributed by atoms with Gasteiger partial charge in [0.25, 0.3) is 0 Å². The lowest BCUT2D eigenvalue weighted by atomic mass is 9.86. The number of aromatic nitrogens is 4. The van der Waals surface area contributed by atoms with Crippen LogP contribution in [-0.4, -0.2) is 31.2 Å². The SMILES string of the molecule is CC1(C)Cc2c(ccc3ccccc23)C(Sc2ccc(NC=C(C#N)c3nn[nH]n3)cc2)=N1. The molecule has 0 amide bonds. The van der Waals surface area contributed by atoms with E-state index < -0.39 is 0 Å². The van der Waals surface area contributed by atoms with Gasteiger partial charge in [0, 0.05) is 22.3 Å². The summed E-state index contributed by atoms with van der Waals surface area (Å²) < 4.78 is 0. The van der Waals surface area contributed by atoms with Gasteiger partial charge in [-0.2, -0.15) is 10.5 Å². The van der Waals surface area contributed by atoms with E-state index in [9.17, 15) is 5.26 Å². The van der Waals surface area contributed by atoms with Gasteiger partial charge in [0.05, 0.1) is 5.54 Å². The zero-order valence-corrected chi connectivity index (χ0v) is 19.0. The molecule has 0 saturated carbocycles. The van der Waals surface area contributed by atoms with Crippen molar-refractivity contribution in [2.24, 2.45) is 4.99 Å². The van der Waals surface area contributed by atoms with Crippen LogP contribution in [-0.2, 0) is 6.42 Å². The van der Waals surface area contributed by atoms with E-state index in [-0.39, 0.29) is 11.4 Å². The quantitative estimate of drug-likeness (QED) is 0.413. The Hall–Kier alpha value is -3.96. The second kappa shape index (κ2) is 8.52. The number of nitrogens with one attached hydrogen (secondary N) is 2. The molecule has 0 radical (unpaired) electrons. The highest BCUT2D eigenvalue weighted by Crippen LogP contribution is 2.37. The first-order valence-electron chi connectivity index (χ1n) is 10.5. The van der Waals surface area contributed by atoms with E-state index in [4.69, 9.17) is 4.99 Å². The van der Waals surface area contributed by atoms with E-state index in [1.807, 2.05) is 24.3 Å². The van der Waals surface area contributed by atoms with Gasteiger partial charge in [-0.1, -0.05) is 48.2 Å². The summed E-state index contributed by atoms with van der Waals surface area (Å²) in [6.07, 6.45) is 2.49. The third-order valence-electron chi connectivity index (χ3n) is 5.44. The standard InChI is InChI=1S/C25H21N7S/c1-25(2)13-22-20-6-4-3-5-16(20)7-12-21(22)24(28-25)33-19-10-8-18(9-11-19)27-15-17(14-26)23-29-31-32-30-23/h3-12,15,27H,13H2,1-2H3,(H,29,30,31,32). The monoisotopic (exact) mass is 451 g/mol. The summed E-state index contributed by atoms with van der Waals surface area (Å²) in [5.74, 6) is 0.251. The minimum atomic E-state index is -0.158. The third kappa shape index (κ3) is 4.36. The van der Waals surface area contributed by atoms with Crippen LogP contribution in [0.1, 0.15) is 30.8 Å². The van der Waals surface area contributed by atoms with Crippen LogP contribution in [0.4, 0.5) is 5.69 Å². The summed E-state index contributed by atoms with van der Waals surface area (Å²) >= 11 is 1.68. The highest BCUT2D eigenvalue weighted by Gasteiger charge is 2.28. The van der Waals surface area contributed by atoms with Crippen molar-refractivity contribution in [3.63, 3.8) is 0 Å². The van der Waals surface area contributed by atoms with E-state index >= 15 is 0 Å². The molecule has 0 saturated heterocycles. The Kier molecular flexibility index (Phi) is 5.40. The van der Waals surface area contributed by atoms with Gasteiger partial charge in [-0.05, 0) is 66.1 Å². The number of hydrogen-bond acceptors (Lipinski definition) is 7. The van der Waals surface area contributed by atoms with Gasteiger partial charge in [0.2, 0.25) is 5.82 Å². The average Bonchev–Trinajstić information content (AvgIpc) is 3.35. The smallest absolute Gasteiger partial charge is 0.216 e. The Labute approximate surface area is 195 Å². The summed E-state index contributed by atoms with van der Waals surface area (Å²) in [6.45, 7) is 4.38. The number of aromatic amines is 1. The van der Waals surface area contributed by atoms with E-state index in [0.29, 0.717) is 5.57 Å². The van der Waals surface area contributed by atoms with E-state index in [0.717, 1.165) is 22.0 Å². The van der Waals surface area contributed by atoms with E-state index in [1.54, 1.807) is 18.0 Å². The number of thioether (sulfide) groups is 1. The molecular formula is C25H21N7S. The van der Waals surface area contributed by atoms with Crippen molar-refractivity contribution in [1.29, 1.82) is 5.26 Å². The summed E-state index contributed by atoms with van der Waals surface area (Å²) in [4.78, 5) is 6.17. The molecule has 5 rings (SSSR count). The van der Waals surface area contributed by atoms with Crippen molar-refractivity contribution < 1.29 is 0 Å². The number of aliphatic imine (C=N–C) groups is 1. The zero-order valence-electron chi connectivity index (χ0n) is 18.2. The number of nitrogens with zero attached hydrogens (tertiary/aromatic N) is 5. The van der Waals surface area contributed by atoms with Crippen molar-refractivity contribution in [3.8, 4) is 6.07 Å². The molecule has 33 heavy (non-hydrogen) atoms. The topological polar surface area (TPSA) is 103 Å².